The lowest BCUT2D eigenvalue weighted by Gasteiger charge is -2.65. The molecule has 0 aromatic carbocycles. The third-order valence-corrected chi connectivity index (χ3v) is 10.6. The van der Waals surface area contributed by atoms with E-state index < -0.39 is 0 Å². The molecule has 0 amide bonds. The van der Waals surface area contributed by atoms with Gasteiger partial charge in [-0.3, -0.25) is 0 Å². The minimum absolute atomic E-state index is 0.351. The standard InChI is InChI=1S/C36H36BN3/c1-4-13-25(14-5-1)38-28-19-10-21-30-34(28)37-35-29(38)20-11-22-31(35)40(27-17-8-3-9-18-27)33-24-12-23-32(36(33)37)39(30)26-15-6-2-7-16-26/h1-2,4-6,8,10-13,15,17-21,23-25,30-31,33-34,36H,3,7,9,14,16,22H2. The summed E-state index contributed by atoms with van der Waals surface area (Å²) in [7, 11) is 0. The number of nitrogens with zero attached hydrogens (tertiary/aromatic N) is 3. The molecule has 0 radical (unpaired) electrons. The van der Waals surface area contributed by atoms with Gasteiger partial charge < -0.3 is 14.7 Å². The maximum atomic E-state index is 2.83. The summed E-state index contributed by atoms with van der Waals surface area (Å²) in [5, 5.41) is 0. The molecule has 0 bridgehead atoms. The van der Waals surface area contributed by atoms with Crippen molar-refractivity contribution in [3.8, 4) is 0 Å². The lowest BCUT2D eigenvalue weighted by molar-refractivity contribution is 0.181. The van der Waals surface area contributed by atoms with Crippen LogP contribution in [-0.2, 0) is 0 Å². The molecule has 0 aromatic heterocycles. The van der Waals surface area contributed by atoms with E-state index in [2.05, 4.69) is 124 Å². The molecule has 6 aliphatic carbocycles. The molecule has 3 nitrogen and oxygen atoms in total. The molecule has 0 saturated carbocycles. The van der Waals surface area contributed by atoms with Crippen LogP contribution in [0.5, 0.6) is 0 Å². The SMILES string of the molecule is C1=CCCC(N2C3=CC=CC4C3B3C5=C(C=CCC5N4C4=CCCC=C4)N(C4C=CC=CC4)C4=CC=CC2C34)=C1. The third kappa shape index (κ3) is 3.14. The summed E-state index contributed by atoms with van der Waals surface area (Å²) in [5.41, 5.74) is 9.16. The zero-order valence-electron chi connectivity index (χ0n) is 23.0. The van der Waals surface area contributed by atoms with Crippen LogP contribution in [0.3, 0.4) is 0 Å². The Kier molecular flexibility index (Phi) is 5.15. The topological polar surface area (TPSA) is 9.72 Å². The average Bonchev–Trinajstić information content (AvgIpc) is 3.03. The molecule has 6 atom stereocenters. The fraction of sp³-hybridized carbons (Fsp3) is 0.333. The Hall–Kier alpha value is -3.66. The lowest BCUT2D eigenvalue weighted by Crippen LogP contribution is -2.67. The highest BCUT2D eigenvalue weighted by molar-refractivity contribution is 6.73. The first-order chi connectivity index (χ1) is 19.9. The molecule has 6 unspecified atom stereocenters. The van der Waals surface area contributed by atoms with Gasteiger partial charge in [0, 0.05) is 46.2 Å². The van der Waals surface area contributed by atoms with E-state index in [0.717, 1.165) is 38.5 Å². The molecular formula is C36H36BN3. The minimum atomic E-state index is 0.351. The Labute approximate surface area is 238 Å². The van der Waals surface area contributed by atoms with Crippen molar-refractivity contribution in [2.45, 2.75) is 74.3 Å². The van der Waals surface area contributed by atoms with Gasteiger partial charge in [-0.15, -0.1) is 0 Å². The largest absolute Gasteiger partial charge is 0.359 e. The molecule has 40 heavy (non-hydrogen) atoms. The monoisotopic (exact) mass is 521 g/mol. The van der Waals surface area contributed by atoms with Gasteiger partial charge in [-0.2, -0.15) is 0 Å². The van der Waals surface area contributed by atoms with Crippen LogP contribution in [0.15, 0.2) is 143 Å². The number of hydrogen-bond acceptors (Lipinski definition) is 3. The normalized spacial score (nSPS) is 36.0. The van der Waals surface area contributed by atoms with Gasteiger partial charge in [0.1, 0.15) is 0 Å². The zero-order chi connectivity index (χ0) is 26.2. The summed E-state index contributed by atoms with van der Waals surface area (Å²) in [6.07, 6.45) is 49.9. The molecule has 3 heterocycles. The Morgan fingerprint density at radius 3 is 2.35 bits per heavy atom. The lowest BCUT2D eigenvalue weighted by atomic mass is 9.21. The maximum absolute atomic E-state index is 2.83. The van der Waals surface area contributed by atoms with Gasteiger partial charge in [0.25, 0.3) is 0 Å². The molecule has 2 fully saturated rings. The highest BCUT2D eigenvalue weighted by Gasteiger charge is 2.63. The molecular weight excluding hydrogens is 485 g/mol. The van der Waals surface area contributed by atoms with Crippen molar-refractivity contribution in [3.63, 3.8) is 0 Å². The van der Waals surface area contributed by atoms with Gasteiger partial charge in [-0.05, 0) is 68.9 Å². The van der Waals surface area contributed by atoms with Crippen molar-refractivity contribution < 1.29 is 0 Å². The van der Waals surface area contributed by atoms with Crippen molar-refractivity contribution in [3.05, 3.63) is 143 Å². The molecule has 198 valence electrons. The van der Waals surface area contributed by atoms with E-state index in [1.165, 1.54) is 28.5 Å². The summed E-state index contributed by atoms with van der Waals surface area (Å²) in [6.45, 7) is 0.520. The van der Waals surface area contributed by atoms with E-state index in [1.54, 1.807) is 5.47 Å². The summed E-state index contributed by atoms with van der Waals surface area (Å²) >= 11 is 0. The highest BCUT2D eigenvalue weighted by atomic mass is 15.3. The molecule has 0 spiro atoms. The molecule has 3 aliphatic heterocycles. The second-order valence-electron chi connectivity index (χ2n) is 12.5. The Balaban J connectivity index is 1.30. The Morgan fingerprint density at radius 2 is 1.55 bits per heavy atom. The first-order valence-electron chi connectivity index (χ1n) is 15.5. The van der Waals surface area contributed by atoms with Gasteiger partial charge in [0.05, 0.1) is 18.1 Å². The molecule has 9 rings (SSSR count). The number of hydrogen-bond donors (Lipinski definition) is 0. The first kappa shape index (κ1) is 23.1. The van der Waals surface area contributed by atoms with E-state index in [1.807, 2.05) is 0 Å². The fourth-order valence-corrected chi connectivity index (χ4v) is 9.26. The predicted octanol–water partition coefficient (Wildman–Crippen LogP) is 7.29. The maximum Gasteiger partial charge on any atom is 0.200 e. The van der Waals surface area contributed by atoms with E-state index in [9.17, 15) is 0 Å². The van der Waals surface area contributed by atoms with Crippen LogP contribution < -0.4 is 0 Å². The summed E-state index contributed by atoms with van der Waals surface area (Å²) in [5.74, 6) is 0.902. The predicted molar refractivity (Wildman–Crippen MR) is 165 cm³/mol. The van der Waals surface area contributed by atoms with Crippen LogP contribution >= 0.6 is 0 Å². The van der Waals surface area contributed by atoms with E-state index >= 15 is 0 Å². The first-order valence-corrected chi connectivity index (χ1v) is 15.5. The zero-order valence-corrected chi connectivity index (χ0v) is 23.0. The second kappa shape index (κ2) is 8.93. The minimum Gasteiger partial charge on any atom is -0.359 e. The molecule has 2 saturated heterocycles. The van der Waals surface area contributed by atoms with E-state index in [0.29, 0.717) is 42.5 Å². The van der Waals surface area contributed by atoms with Gasteiger partial charge >= 0.3 is 0 Å². The van der Waals surface area contributed by atoms with Gasteiger partial charge in [0.15, 0.2) is 0 Å². The highest BCUT2D eigenvalue weighted by Crippen LogP contribution is 2.62. The Morgan fingerprint density at radius 1 is 0.675 bits per heavy atom. The average molecular weight is 522 g/mol. The summed E-state index contributed by atoms with van der Waals surface area (Å²) in [6, 6.07) is 1.50. The molecule has 9 aliphatic rings. The molecule has 0 N–H and O–H groups in total. The van der Waals surface area contributed by atoms with Crippen LogP contribution in [0.2, 0.25) is 11.6 Å². The third-order valence-electron chi connectivity index (χ3n) is 10.6. The van der Waals surface area contributed by atoms with Crippen molar-refractivity contribution in [1.82, 2.24) is 14.7 Å². The van der Waals surface area contributed by atoms with Crippen LogP contribution in [-0.4, -0.2) is 45.6 Å². The fourth-order valence-electron chi connectivity index (χ4n) is 9.26. The van der Waals surface area contributed by atoms with Crippen LogP contribution in [0.25, 0.3) is 0 Å². The van der Waals surface area contributed by atoms with E-state index in [-0.39, 0.29) is 0 Å². The molecule has 4 heteroatoms. The van der Waals surface area contributed by atoms with Crippen LogP contribution in [0.1, 0.15) is 38.5 Å². The van der Waals surface area contributed by atoms with Gasteiger partial charge in [0.2, 0.25) is 6.71 Å². The summed E-state index contributed by atoms with van der Waals surface area (Å²) in [4.78, 5) is 8.35. The van der Waals surface area contributed by atoms with E-state index in [4.69, 9.17) is 0 Å². The van der Waals surface area contributed by atoms with Crippen molar-refractivity contribution in [2.75, 3.05) is 0 Å². The second-order valence-corrected chi connectivity index (χ2v) is 12.5. The van der Waals surface area contributed by atoms with Crippen molar-refractivity contribution in [2.24, 2.45) is 0 Å². The van der Waals surface area contributed by atoms with Crippen LogP contribution in [0, 0.1) is 0 Å². The van der Waals surface area contributed by atoms with Crippen LogP contribution in [0.4, 0.5) is 0 Å². The molecule has 0 aromatic rings. The van der Waals surface area contributed by atoms with Crippen molar-refractivity contribution >= 4 is 6.71 Å². The number of allylic oxidation sites excluding steroid dienone is 14. The number of rotatable bonds is 3. The smallest absolute Gasteiger partial charge is 0.200 e. The van der Waals surface area contributed by atoms with Gasteiger partial charge in [-0.1, -0.05) is 84.5 Å². The quantitative estimate of drug-likeness (QED) is 0.361. The Bertz CT molecular complexity index is 1520. The van der Waals surface area contributed by atoms with Gasteiger partial charge in [-0.25, -0.2) is 0 Å². The summed E-state index contributed by atoms with van der Waals surface area (Å²) < 4.78 is 0. The van der Waals surface area contributed by atoms with Crippen molar-refractivity contribution in [1.29, 1.82) is 0 Å².